The van der Waals surface area contributed by atoms with Crippen LogP contribution in [0, 0.1) is 12.8 Å². The second kappa shape index (κ2) is 8.41. The standard InChI is InChI=1S/C19H26BNO6/c1-11(2)17(19(23)27-14-6-8-25-9-7-14)21-18(22)15-5-4-13-10-26-20(24)16(13)12(15)3/h4-5,11,14,17,24H,6-10H2,1-3H3,(H,21,22)/t17-/m0/s1. The van der Waals surface area contributed by atoms with Crippen molar-refractivity contribution in [2.24, 2.45) is 5.92 Å². The predicted molar refractivity (Wildman–Crippen MR) is 99.6 cm³/mol. The van der Waals surface area contributed by atoms with Crippen LogP contribution in [-0.2, 0) is 25.5 Å². The van der Waals surface area contributed by atoms with Crippen LogP contribution in [-0.4, -0.2) is 49.4 Å². The van der Waals surface area contributed by atoms with E-state index in [-0.39, 0.29) is 17.9 Å². The van der Waals surface area contributed by atoms with Gasteiger partial charge in [0, 0.05) is 18.4 Å². The first-order chi connectivity index (χ1) is 12.9. The van der Waals surface area contributed by atoms with Crippen LogP contribution < -0.4 is 10.8 Å². The molecule has 1 aromatic carbocycles. The Hall–Kier alpha value is -1.90. The Bertz CT molecular complexity index is 716. The summed E-state index contributed by atoms with van der Waals surface area (Å²) >= 11 is 0. The maximum Gasteiger partial charge on any atom is 0.492 e. The number of ether oxygens (including phenoxy) is 2. The fourth-order valence-corrected chi connectivity index (χ4v) is 3.50. The largest absolute Gasteiger partial charge is 0.492 e. The molecule has 3 rings (SSSR count). The molecule has 0 radical (unpaired) electrons. The molecule has 1 aromatic rings. The summed E-state index contributed by atoms with van der Waals surface area (Å²) in [4.78, 5) is 25.4. The molecular weight excluding hydrogens is 349 g/mol. The lowest BCUT2D eigenvalue weighted by molar-refractivity contribution is -0.156. The summed E-state index contributed by atoms with van der Waals surface area (Å²) in [6.45, 7) is 6.99. The van der Waals surface area contributed by atoms with Crippen molar-refractivity contribution in [3.63, 3.8) is 0 Å². The lowest BCUT2D eigenvalue weighted by atomic mass is 9.75. The van der Waals surface area contributed by atoms with Gasteiger partial charge in [-0.1, -0.05) is 19.9 Å². The molecule has 1 atom stereocenters. The Morgan fingerprint density at radius 3 is 2.67 bits per heavy atom. The number of hydrogen-bond acceptors (Lipinski definition) is 6. The molecular formula is C19H26BNO6. The Kier molecular flexibility index (Phi) is 6.19. The highest BCUT2D eigenvalue weighted by molar-refractivity contribution is 6.62. The number of benzene rings is 1. The SMILES string of the molecule is Cc1c(C(=O)N[C@H](C(=O)OC2CCOCC2)C(C)C)ccc2c1B(O)OC2. The summed E-state index contributed by atoms with van der Waals surface area (Å²) in [5.74, 6) is -0.908. The number of carbonyl (C=O) groups excluding carboxylic acids is 2. The summed E-state index contributed by atoms with van der Waals surface area (Å²) in [5, 5.41) is 12.8. The minimum atomic E-state index is -1.02. The first-order valence-corrected chi connectivity index (χ1v) is 9.39. The summed E-state index contributed by atoms with van der Waals surface area (Å²) in [6, 6.07) is 2.73. The van der Waals surface area contributed by atoms with Gasteiger partial charge in [-0.25, -0.2) is 4.79 Å². The van der Waals surface area contributed by atoms with Crippen LogP contribution in [0.25, 0.3) is 0 Å². The molecule has 0 aliphatic carbocycles. The van der Waals surface area contributed by atoms with Crippen LogP contribution in [0.1, 0.15) is 48.2 Å². The Labute approximate surface area is 159 Å². The fourth-order valence-electron chi connectivity index (χ4n) is 3.50. The average Bonchev–Trinajstić information content (AvgIpc) is 3.02. The van der Waals surface area contributed by atoms with Crippen LogP contribution >= 0.6 is 0 Å². The lowest BCUT2D eigenvalue weighted by Crippen LogP contribution is -2.47. The quantitative estimate of drug-likeness (QED) is 0.581. The number of carbonyl (C=O) groups is 2. The lowest BCUT2D eigenvalue weighted by Gasteiger charge is -2.27. The van der Waals surface area contributed by atoms with Crippen molar-refractivity contribution < 1.29 is 28.7 Å². The van der Waals surface area contributed by atoms with Gasteiger partial charge in [0.25, 0.3) is 5.91 Å². The Morgan fingerprint density at radius 1 is 1.30 bits per heavy atom. The molecule has 2 heterocycles. The second-order valence-corrected chi connectivity index (χ2v) is 7.42. The van der Waals surface area contributed by atoms with Crippen molar-refractivity contribution in [1.29, 1.82) is 0 Å². The van der Waals surface area contributed by atoms with Gasteiger partial charge in [-0.3, -0.25) is 4.79 Å². The summed E-state index contributed by atoms with van der Waals surface area (Å²) in [5.41, 5.74) is 2.59. The highest BCUT2D eigenvalue weighted by atomic mass is 16.6. The summed E-state index contributed by atoms with van der Waals surface area (Å²) in [7, 11) is -1.02. The van der Waals surface area contributed by atoms with Gasteiger partial charge in [-0.05, 0) is 35.5 Å². The van der Waals surface area contributed by atoms with E-state index in [1.165, 1.54) is 0 Å². The number of nitrogens with one attached hydrogen (secondary N) is 1. The molecule has 146 valence electrons. The third kappa shape index (κ3) is 4.34. The van der Waals surface area contributed by atoms with Crippen molar-refractivity contribution >= 4 is 24.5 Å². The Morgan fingerprint density at radius 2 is 2.00 bits per heavy atom. The molecule has 1 amide bonds. The van der Waals surface area contributed by atoms with E-state index in [9.17, 15) is 14.6 Å². The maximum absolute atomic E-state index is 12.8. The molecule has 1 saturated heterocycles. The molecule has 1 fully saturated rings. The van der Waals surface area contributed by atoms with E-state index in [0.29, 0.717) is 49.3 Å². The van der Waals surface area contributed by atoms with Gasteiger partial charge in [0.2, 0.25) is 0 Å². The fraction of sp³-hybridized carbons (Fsp3) is 0.579. The molecule has 0 unspecified atom stereocenters. The molecule has 27 heavy (non-hydrogen) atoms. The van der Waals surface area contributed by atoms with E-state index < -0.39 is 19.1 Å². The van der Waals surface area contributed by atoms with Crippen molar-refractivity contribution in [2.75, 3.05) is 13.2 Å². The van der Waals surface area contributed by atoms with Gasteiger partial charge in [-0.15, -0.1) is 0 Å². The monoisotopic (exact) mass is 375 g/mol. The van der Waals surface area contributed by atoms with E-state index in [2.05, 4.69) is 5.32 Å². The van der Waals surface area contributed by atoms with Crippen LogP contribution in [0.3, 0.4) is 0 Å². The van der Waals surface area contributed by atoms with Gasteiger partial charge in [-0.2, -0.15) is 0 Å². The summed E-state index contributed by atoms with van der Waals surface area (Å²) in [6.07, 6.45) is 1.18. The van der Waals surface area contributed by atoms with Gasteiger partial charge in [0.1, 0.15) is 12.1 Å². The van der Waals surface area contributed by atoms with E-state index in [4.69, 9.17) is 14.1 Å². The topological polar surface area (TPSA) is 94.1 Å². The highest BCUT2D eigenvalue weighted by Gasteiger charge is 2.33. The van der Waals surface area contributed by atoms with Crippen LogP contribution in [0.2, 0.25) is 0 Å². The third-order valence-electron chi connectivity index (χ3n) is 5.15. The zero-order valence-corrected chi connectivity index (χ0v) is 16.0. The molecule has 2 aliphatic rings. The third-order valence-corrected chi connectivity index (χ3v) is 5.15. The van der Waals surface area contributed by atoms with E-state index in [1.807, 2.05) is 13.8 Å². The Balaban J connectivity index is 1.72. The van der Waals surface area contributed by atoms with Gasteiger partial charge >= 0.3 is 13.1 Å². The molecule has 2 N–H and O–H groups in total. The van der Waals surface area contributed by atoms with Crippen LogP contribution in [0.5, 0.6) is 0 Å². The van der Waals surface area contributed by atoms with Crippen molar-refractivity contribution in [1.82, 2.24) is 5.32 Å². The molecule has 0 saturated carbocycles. The molecule has 2 aliphatic heterocycles. The normalized spacial score (nSPS) is 18.3. The zero-order valence-electron chi connectivity index (χ0n) is 16.0. The predicted octanol–water partition coefficient (Wildman–Crippen LogP) is 0.689. The molecule has 8 heteroatoms. The molecule has 0 aromatic heterocycles. The number of hydrogen-bond donors (Lipinski definition) is 2. The van der Waals surface area contributed by atoms with Crippen molar-refractivity contribution in [3.8, 4) is 0 Å². The number of esters is 1. The van der Waals surface area contributed by atoms with Gasteiger partial charge in [0.05, 0.1) is 19.8 Å². The zero-order chi connectivity index (χ0) is 19.6. The maximum atomic E-state index is 12.8. The minimum absolute atomic E-state index is 0.120. The van der Waals surface area contributed by atoms with E-state index in [1.54, 1.807) is 19.1 Å². The number of amides is 1. The summed E-state index contributed by atoms with van der Waals surface area (Å²) < 4.78 is 16.1. The number of rotatable bonds is 5. The van der Waals surface area contributed by atoms with Crippen LogP contribution in [0.4, 0.5) is 0 Å². The van der Waals surface area contributed by atoms with Crippen LogP contribution in [0.15, 0.2) is 12.1 Å². The molecule has 0 spiro atoms. The molecule has 7 nitrogen and oxygen atoms in total. The van der Waals surface area contributed by atoms with Crippen molar-refractivity contribution in [3.05, 3.63) is 28.8 Å². The van der Waals surface area contributed by atoms with Gasteiger partial charge < -0.3 is 24.5 Å². The van der Waals surface area contributed by atoms with Gasteiger partial charge in [0.15, 0.2) is 0 Å². The second-order valence-electron chi connectivity index (χ2n) is 7.42. The van der Waals surface area contributed by atoms with Crippen molar-refractivity contribution in [2.45, 2.75) is 52.4 Å². The first kappa shape index (κ1) is 19.9. The van der Waals surface area contributed by atoms with E-state index >= 15 is 0 Å². The smallest absolute Gasteiger partial charge is 0.461 e. The highest BCUT2D eigenvalue weighted by Crippen LogP contribution is 2.18. The van der Waals surface area contributed by atoms with E-state index in [0.717, 1.165) is 5.56 Å². The molecule has 0 bridgehead atoms. The minimum Gasteiger partial charge on any atom is -0.461 e. The average molecular weight is 375 g/mol. The number of fused-ring (bicyclic) bond motifs is 1. The first-order valence-electron chi connectivity index (χ1n) is 9.39.